The second-order valence-corrected chi connectivity index (χ2v) is 4.36. The zero-order valence-electron chi connectivity index (χ0n) is 10.6. The number of aliphatic hydroxyl groups excluding tert-OH is 1. The second-order valence-electron chi connectivity index (χ2n) is 4.36. The molecule has 0 saturated heterocycles. The molecule has 0 amide bonds. The minimum atomic E-state index is -2.52. The van der Waals surface area contributed by atoms with Gasteiger partial charge < -0.3 is 10.4 Å². The molecule has 0 heterocycles. The number of nitrogens with one attached hydrogen (secondary N) is 1. The van der Waals surface area contributed by atoms with Crippen LogP contribution in [0.1, 0.15) is 23.6 Å². The normalized spacial score (nSPS) is 12.4. The maximum atomic E-state index is 13.1. The lowest BCUT2D eigenvalue weighted by Crippen LogP contribution is -2.14. The summed E-state index contributed by atoms with van der Waals surface area (Å²) in [6.07, 6.45) is -2.52. The summed E-state index contributed by atoms with van der Waals surface area (Å²) in [6, 6.07) is 11.0. The van der Waals surface area contributed by atoms with Crippen molar-refractivity contribution in [3.63, 3.8) is 0 Å². The first-order chi connectivity index (χ1) is 9.60. The SMILES string of the molecule is OCC(Nc1cccc(F)c1)c1ccc(C(F)F)cc1. The Morgan fingerprint density at radius 2 is 1.65 bits per heavy atom. The molecule has 2 aromatic carbocycles. The molecule has 106 valence electrons. The lowest BCUT2D eigenvalue weighted by Gasteiger charge is -2.18. The Labute approximate surface area is 114 Å². The first-order valence-electron chi connectivity index (χ1n) is 6.11. The van der Waals surface area contributed by atoms with Gasteiger partial charge in [0.25, 0.3) is 6.43 Å². The molecule has 0 aliphatic heterocycles. The van der Waals surface area contributed by atoms with Crippen LogP contribution in [0.4, 0.5) is 18.9 Å². The third kappa shape index (κ3) is 3.51. The Morgan fingerprint density at radius 3 is 2.20 bits per heavy atom. The van der Waals surface area contributed by atoms with Crippen molar-refractivity contribution in [1.29, 1.82) is 0 Å². The van der Waals surface area contributed by atoms with Gasteiger partial charge in [0.05, 0.1) is 12.6 Å². The third-order valence-corrected chi connectivity index (χ3v) is 2.94. The molecule has 0 fully saturated rings. The first kappa shape index (κ1) is 14.4. The van der Waals surface area contributed by atoms with E-state index in [2.05, 4.69) is 5.32 Å². The highest BCUT2D eigenvalue weighted by Gasteiger charge is 2.12. The van der Waals surface area contributed by atoms with Crippen LogP contribution < -0.4 is 5.32 Å². The minimum absolute atomic E-state index is 0.0730. The molecule has 2 rings (SSSR count). The Hall–Kier alpha value is -2.01. The van der Waals surface area contributed by atoms with E-state index in [1.165, 1.54) is 36.4 Å². The molecule has 2 N–H and O–H groups in total. The Kier molecular flexibility index (Phi) is 4.63. The Balaban J connectivity index is 2.15. The van der Waals surface area contributed by atoms with Crippen LogP contribution in [0.15, 0.2) is 48.5 Å². The zero-order valence-corrected chi connectivity index (χ0v) is 10.6. The summed E-state index contributed by atoms with van der Waals surface area (Å²) >= 11 is 0. The van der Waals surface area contributed by atoms with Crippen LogP contribution in [0, 0.1) is 5.82 Å². The number of benzene rings is 2. The molecule has 0 aromatic heterocycles. The summed E-state index contributed by atoms with van der Waals surface area (Å²) in [7, 11) is 0. The zero-order chi connectivity index (χ0) is 14.5. The largest absolute Gasteiger partial charge is 0.394 e. The van der Waals surface area contributed by atoms with Crippen molar-refractivity contribution in [2.24, 2.45) is 0 Å². The number of aliphatic hydroxyl groups is 1. The van der Waals surface area contributed by atoms with Crippen LogP contribution in [0.5, 0.6) is 0 Å². The van der Waals surface area contributed by atoms with Crippen molar-refractivity contribution in [3.8, 4) is 0 Å². The number of hydrogen-bond acceptors (Lipinski definition) is 2. The molecule has 5 heteroatoms. The summed E-state index contributed by atoms with van der Waals surface area (Å²) in [6.45, 7) is -0.232. The van der Waals surface area contributed by atoms with Crippen LogP contribution in [0.3, 0.4) is 0 Å². The van der Waals surface area contributed by atoms with Crippen molar-refractivity contribution >= 4 is 5.69 Å². The van der Waals surface area contributed by atoms with E-state index in [1.54, 1.807) is 12.1 Å². The molecule has 2 nitrogen and oxygen atoms in total. The van der Waals surface area contributed by atoms with E-state index in [0.717, 1.165) is 0 Å². The van der Waals surface area contributed by atoms with E-state index in [-0.39, 0.29) is 18.0 Å². The molecule has 0 saturated carbocycles. The maximum Gasteiger partial charge on any atom is 0.263 e. The highest BCUT2D eigenvalue weighted by atomic mass is 19.3. The predicted octanol–water partition coefficient (Wildman–Crippen LogP) is 3.91. The molecule has 2 aromatic rings. The summed E-state index contributed by atoms with van der Waals surface area (Å²) in [5.74, 6) is -0.389. The maximum absolute atomic E-state index is 13.1. The van der Waals surface area contributed by atoms with Gasteiger partial charge in [-0.15, -0.1) is 0 Å². The molecule has 0 aliphatic rings. The lowest BCUT2D eigenvalue weighted by molar-refractivity contribution is 0.151. The second kappa shape index (κ2) is 6.43. The number of hydrogen-bond donors (Lipinski definition) is 2. The van der Waals surface area contributed by atoms with Crippen molar-refractivity contribution < 1.29 is 18.3 Å². The average Bonchev–Trinajstić information content (AvgIpc) is 2.45. The summed E-state index contributed by atoms with van der Waals surface area (Å²) < 4.78 is 38.0. The Morgan fingerprint density at radius 1 is 1.00 bits per heavy atom. The highest BCUT2D eigenvalue weighted by Crippen LogP contribution is 2.23. The summed E-state index contributed by atoms with van der Waals surface area (Å²) in [5, 5.41) is 12.3. The van der Waals surface area contributed by atoms with Crippen LogP contribution in [-0.4, -0.2) is 11.7 Å². The van der Waals surface area contributed by atoms with Gasteiger partial charge in [0, 0.05) is 11.3 Å². The summed E-state index contributed by atoms with van der Waals surface area (Å²) in [5.41, 5.74) is 1.10. The van der Waals surface area contributed by atoms with E-state index in [9.17, 15) is 18.3 Å². The predicted molar refractivity (Wildman–Crippen MR) is 71.2 cm³/mol. The number of anilines is 1. The first-order valence-corrected chi connectivity index (χ1v) is 6.11. The van der Waals surface area contributed by atoms with Gasteiger partial charge in [-0.05, 0) is 23.8 Å². The number of rotatable bonds is 5. The van der Waals surface area contributed by atoms with Crippen LogP contribution in [0.25, 0.3) is 0 Å². The number of alkyl halides is 2. The molecule has 0 radical (unpaired) electrons. The van der Waals surface area contributed by atoms with E-state index in [0.29, 0.717) is 11.3 Å². The molecule has 0 bridgehead atoms. The van der Waals surface area contributed by atoms with Gasteiger partial charge in [-0.3, -0.25) is 0 Å². The smallest absolute Gasteiger partial charge is 0.263 e. The molecule has 1 unspecified atom stereocenters. The van der Waals surface area contributed by atoms with Gasteiger partial charge in [-0.2, -0.15) is 0 Å². The van der Waals surface area contributed by atoms with Crippen LogP contribution in [-0.2, 0) is 0 Å². The van der Waals surface area contributed by atoms with Gasteiger partial charge >= 0.3 is 0 Å². The lowest BCUT2D eigenvalue weighted by atomic mass is 10.0. The highest BCUT2D eigenvalue weighted by molar-refractivity contribution is 5.46. The van der Waals surface area contributed by atoms with Crippen molar-refractivity contribution in [2.45, 2.75) is 12.5 Å². The monoisotopic (exact) mass is 281 g/mol. The van der Waals surface area contributed by atoms with Gasteiger partial charge in [0.15, 0.2) is 0 Å². The quantitative estimate of drug-likeness (QED) is 0.871. The molecule has 1 atom stereocenters. The molecular weight excluding hydrogens is 267 g/mol. The van der Waals surface area contributed by atoms with E-state index in [4.69, 9.17) is 0 Å². The van der Waals surface area contributed by atoms with E-state index < -0.39 is 12.5 Å². The Bertz CT molecular complexity index is 557. The van der Waals surface area contributed by atoms with Crippen molar-refractivity contribution in [1.82, 2.24) is 0 Å². The molecule has 20 heavy (non-hydrogen) atoms. The molecule has 0 spiro atoms. The van der Waals surface area contributed by atoms with Gasteiger partial charge in [0.2, 0.25) is 0 Å². The third-order valence-electron chi connectivity index (χ3n) is 2.94. The van der Waals surface area contributed by atoms with E-state index >= 15 is 0 Å². The molecule has 0 aliphatic carbocycles. The number of halogens is 3. The van der Waals surface area contributed by atoms with Gasteiger partial charge in [-0.25, -0.2) is 13.2 Å². The van der Waals surface area contributed by atoms with Crippen LogP contribution >= 0.6 is 0 Å². The van der Waals surface area contributed by atoms with Crippen LogP contribution in [0.2, 0.25) is 0 Å². The van der Waals surface area contributed by atoms with Crippen molar-refractivity contribution in [2.75, 3.05) is 11.9 Å². The van der Waals surface area contributed by atoms with Crippen molar-refractivity contribution in [3.05, 3.63) is 65.5 Å². The fourth-order valence-electron chi connectivity index (χ4n) is 1.89. The summed E-state index contributed by atoms with van der Waals surface area (Å²) in [4.78, 5) is 0. The topological polar surface area (TPSA) is 32.3 Å². The van der Waals surface area contributed by atoms with E-state index in [1.807, 2.05) is 0 Å². The van der Waals surface area contributed by atoms with Gasteiger partial charge in [-0.1, -0.05) is 30.3 Å². The minimum Gasteiger partial charge on any atom is -0.394 e. The fourth-order valence-corrected chi connectivity index (χ4v) is 1.89. The average molecular weight is 281 g/mol. The molecular formula is C15H14F3NO. The standard InChI is InChI=1S/C15H14F3NO/c16-12-2-1-3-13(8-12)19-14(9-20)10-4-6-11(7-5-10)15(17)18/h1-8,14-15,19-20H,9H2. The fraction of sp³-hybridized carbons (Fsp3) is 0.200. The van der Waals surface area contributed by atoms with Gasteiger partial charge in [0.1, 0.15) is 5.82 Å².